The van der Waals surface area contributed by atoms with E-state index in [1.54, 1.807) is 30.6 Å². The summed E-state index contributed by atoms with van der Waals surface area (Å²) in [5.74, 6) is -0.805. The first-order valence-corrected chi connectivity index (χ1v) is 13.0. The van der Waals surface area contributed by atoms with Crippen LogP contribution in [0.2, 0.25) is 5.02 Å². The normalized spacial score (nSPS) is 16.6. The number of halogens is 1. The molecule has 0 fully saturated rings. The molecule has 2 aliphatic heterocycles. The van der Waals surface area contributed by atoms with Gasteiger partial charge in [0, 0.05) is 18.0 Å². The molecule has 12 heteroatoms. The number of nitrogens with one attached hydrogen (secondary N) is 1. The average Bonchev–Trinajstić information content (AvgIpc) is 3.28. The summed E-state index contributed by atoms with van der Waals surface area (Å²) in [4.78, 5) is 20.8. The number of amidine groups is 2. The Morgan fingerprint density at radius 3 is 2.61 bits per heavy atom. The van der Waals surface area contributed by atoms with Crippen molar-refractivity contribution < 1.29 is 17.4 Å². The predicted octanol–water partition coefficient (Wildman–Crippen LogP) is 4.48. The van der Waals surface area contributed by atoms with Crippen LogP contribution in [0, 0.1) is 12.3 Å². The molecule has 36 heavy (non-hydrogen) atoms. The summed E-state index contributed by atoms with van der Waals surface area (Å²) in [7, 11) is -4.08. The number of rotatable bonds is 5. The number of nitrogens with zero attached hydrogens (tertiary/aromatic N) is 4. The van der Waals surface area contributed by atoms with Gasteiger partial charge in [0.2, 0.25) is 5.17 Å². The maximum absolute atomic E-state index is 12.7. The molecule has 0 bridgehead atoms. The van der Waals surface area contributed by atoms with Crippen LogP contribution in [0.5, 0.6) is 5.75 Å². The topological polar surface area (TPSA) is 125 Å². The van der Waals surface area contributed by atoms with Crippen LogP contribution < -0.4 is 4.18 Å². The number of pyridine rings is 1. The zero-order chi connectivity index (χ0) is 25.4. The van der Waals surface area contributed by atoms with Gasteiger partial charge in [-0.3, -0.25) is 15.2 Å². The second-order valence-corrected chi connectivity index (χ2v) is 10.6. The molecule has 0 saturated carbocycles. The Labute approximate surface area is 215 Å². The molecule has 0 atom stereocenters. The molecule has 0 aliphatic carbocycles. The van der Waals surface area contributed by atoms with Crippen molar-refractivity contribution in [1.82, 2.24) is 9.99 Å². The highest BCUT2D eigenvalue weighted by molar-refractivity contribution is 8.27. The van der Waals surface area contributed by atoms with Gasteiger partial charge in [-0.2, -0.15) is 23.5 Å². The van der Waals surface area contributed by atoms with Crippen LogP contribution >= 0.6 is 23.4 Å². The summed E-state index contributed by atoms with van der Waals surface area (Å²) >= 11 is 7.46. The van der Waals surface area contributed by atoms with Crippen molar-refractivity contribution in [3.63, 3.8) is 0 Å². The van der Waals surface area contributed by atoms with Gasteiger partial charge in [-0.1, -0.05) is 35.4 Å². The fourth-order valence-corrected chi connectivity index (χ4v) is 5.41. The molecule has 3 aromatic rings. The highest BCUT2D eigenvalue weighted by Gasteiger charge is 2.36. The van der Waals surface area contributed by atoms with Gasteiger partial charge >= 0.3 is 10.1 Å². The summed E-state index contributed by atoms with van der Waals surface area (Å²) in [6.45, 7) is 1.85. The van der Waals surface area contributed by atoms with E-state index < -0.39 is 16.0 Å². The van der Waals surface area contributed by atoms with E-state index in [0.29, 0.717) is 10.6 Å². The van der Waals surface area contributed by atoms with Crippen molar-refractivity contribution in [2.75, 3.05) is 0 Å². The van der Waals surface area contributed by atoms with Crippen molar-refractivity contribution in [3.05, 3.63) is 94.3 Å². The van der Waals surface area contributed by atoms with E-state index in [1.807, 2.05) is 13.0 Å². The molecule has 1 aromatic heterocycles. The lowest BCUT2D eigenvalue weighted by atomic mass is 10.1. The van der Waals surface area contributed by atoms with Gasteiger partial charge in [-0.05, 0) is 66.7 Å². The summed E-state index contributed by atoms with van der Waals surface area (Å²) < 4.78 is 30.4. The van der Waals surface area contributed by atoms with E-state index in [0.717, 1.165) is 11.1 Å². The average molecular weight is 538 g/mol. The molecule has 180 valence electrons. The summed E-state index contributed by atoms with van der Waals surface area (Å²) in [5, 5.41) is 15.1. The number of hydrazone groups is 1. The fourth-order valence-electron chi connectivity index (χ4n) is 3.31. The number of thioether (sulfide) groups is 1. The second-order valence-electron chi connectivity index (χ2n) is 7.71. The Morgan fingerprint density at radius 1 is 1.14 bits per heavy atom. The molecule has 0 spiro atoms. The third kappa shape index (κ3) is 4.68. The van der Waals surface area contributed by atoms with Crippen LogP contribution in [0.15, 0.2) is 87.6 Å². The lowest BCUT2D eigenvalue weighted by molar-refractivity contribution is -0.114. The minimum atomic E-state index is -4.08. The highest BCUT2D eigenvalue weighted by atomic mass is 35.5. The van der Waals surface area contributed by atoms with Crippen LogP contribution in [0.3, 0.4) is 0 Å². The standard InChI is InChI=1S/C24H16ClN5O4S2/c1-14-4-7-17(8-5-14)36(32,33)34-20-9-6-15(12-19(20)25)11-18-21(26)30-24(28-22(18)31)35-23(29-30)16-3-2-10-27-13-16/h2-13,26H,1H3. The largest absolute Gasteiger partial charge is 0.377 e. The maximum atomic E-state index is 12.7. The minimum Gasteiger partial charge on any atom is -0.377 e. The van der Waals surface area contributed by atoms with E-state index in [2.05, 4.69) is 15.1 Å². The van der Waals surface area contributed by atoms with E-state index in [1.165, 1.54) is 53.2 Å². The van der Waals surface area contributed by atoms with Gasteiger partial charge in [0.15, 0.2) is 11.6 Å². The molecule has 0 saturated heterocycles. The van der Waals surface area contributed by atoms with Crippen molar-refractivity contribution >= 4 is 61.5 Å². The van der Waals surface area contributed by atoms with Gasteiger partial charge in [-0.15, -0.1) is 0 Å². The quantitative estimate of drug-likeness (QED) is 0.375. The second kappa shape index (κ2) is 9.34. The van der Waals surface area contributed by atoms with Crippen LogP contribution in [-0.2, 0) is 14.9 Å². The Balaban J connectivity index is 1.39. The summed E-state index contributed by atoms with van der Waals surface area (Å²) in [5.41, 5.74) is 2.12. The third-order valence-corrected chi connectivity index (χ3v) is 7.64. The van der Waals surface area contributed by atoms with Crippen LogP contribution in [0.1, 0.15) is 16.7 Å². The summed E-state index contributed by atoms with van der Waals surface area (Å²) in [6, 6.07) is 14.2. The molecule has 3 heterocycles. The zero-order valence-electron chi connectivity index (χ0n) is 18.5. The molecule has 2 aliphatic rings. The molecule has 0 unspecified atom stereocenters. The summed E-state index contributed by atoms with van der Waals surface area (Å²) in [6.07, 6.45) is 4.72. The lowest BCUT2D eigenvalue weighted by Crippen LogP contribution is -2.35. The number of carbonyl (C=O) groups is 1. The van der Waals surface area contributed by atoms with E-state index in [9.17, 15) is 13.2 Å². The lowest BCUT2D eigenvalue weighted by Gasteiger charge is -2.20. The number of aryl methyl sites for hydroxylation is 1. The molecule has 1 amide bonds. The Morgan fingerprint density at radius 2 is 1.92 bits per heavy atom. The number of hydrogen-bond donors (Lipinski definition) is 1. The zero-order valence-corrected chi connectivity index (χ0v) is 20.9. The molecule has 2 aromatic carbocycles. The van der Waals surface area contributed by atoms with E-state index in [-0.39, 0.29) is 32.2 Å². The molecular weight excluding hydrogens is 522 g/mol. The SMILES string of the molecule is Cc1ccc(S(=O)(=O)Oc2ccc(C=C3C(=N)N4N=C(c5cccnc5)SC4=NC3=O)cc2Cl)cc1. The van der Waals surface area contributed by atoms with Gasteiger partial charge in [-0.25, -0.2) is 0 Å². The molecule has 9 nitrogen and oxygen atoms in total. The molecule has 1 N–H and O–H groups in total. The van der Waals surface area contributed by atoms with Crippen LogP contribution in [-0.4, -0.2) is 40.4 Å². The Hall–Kier alpha value is -3.80. The number of benzene rings is 2. The number of hydrogen-bond acceptors (Lipinski definition) is 8. The van der Waals surface area contributed by atoms with Crippen molar-refractivity contribution in [3.8, 4) is 5.75 Å². The van der Waals surface area contributed by atoms with Crippen molar-refractivity contribution in [2.24, 2.45) is 10.1 Å². The number of aromatic nitrogens is 1. The molecular formula is C24H16ClN5O4S2. The highest BCUT2D eigenvalue weighted by Crippen LogP contribution is 2.32. The van der Waals surface area contributed by atoms with E-state index >= 15 is 0 Å². The van der Waals surface area contributed by atoms with Gasteiger partial charge in [0.05, 0.1) is 10.6 Å². The van der Waals surface area contributed by atoms with Crippen molar-refractivity contribution in [2.45, 2.75) is 11.8 Å². The van der Waals surface area contributed by atoms with E-state index in [4.69, 9.17) is 21.2 Å². The number of aliphatic imine (C=N–C) groups is 1. The Kier molecular flexibility index (Phi) is 6.20. The van der Waals surface area contributed by atoms with Gasteiger partial charge < -0.3 is 4.18 Å². The number of fused-ring (bicyclic) bond motifs is 1. The first kappa shape index (κ1) is 23.9. The number of amides is 1. The third-order valence-electron chi connectivity index (χ3n) is 5.14. The first-order valence-electron chi connectivity index (χ1n) is 10.4. The van der Waals surface area contributed by atoms with Gasteiger partial charge in [0.1, 0.15) is 9.94 Å². The van der Waals surface area contributed by atoms with Crippen LogP contribution in [0.4, 0.5) is 0 Å². The minimum absolute atomic E-state index is 0.0000294. The van der Waals surface area contributed by atoms with Crippen LogP contribution in [0.25, 0.3) is 6.08 Å². The molecule has 0 radical (unpaired) electrons. The number of carbonyl (C=O) groups excluding carboxylic acids is 1. The van der Waals surface area contributed by atoms with Gasteiger partial charge in [0.25, 0.3) is 5.91 Å². The molecule has 5 rings (SSSR count). The smallest absolute Gasteiger partial charge is 0.339 e. The maximum Gasteiger partial charge on any atom is 0.339 e. The fraction of sp³-hybridized carbons (Fsp3) is 0.0417. The van der Waals surface area contributed by atoms with Crippen molar-refractivity contribution in [1.29, 1.82) is 5.41 Å². The Bertz CT molecular complexity index is 1600. The monoisotopic (exact) mass is 537 g/mol. The predicted molar refractivity (Wildman–Crippen MR) is 139 cm³/mol. The first-order chi connectivity index (χ1) is 17.2.